The van der Waals surface area contributed by atoms with Gasteiger partial charge >= 0.3 is 0 Å². The number of benzene rings is 2. The van der Waals surface area contributed by atoms with E-state index in [0.717, 1.165) is 19.3 Å². The number of aromatic nitrogens is 2. The maximum Gasteiger partial charge on any atom is 0.291 e. The lowest BCUT2D eigenvalue weighted by Crippen LogP contribution is -2.35. The van der Waals surface area contributed by atoms with Crippen molar-refractivity contribution >= 4 is 48.1 Å². The predicted octanol–water partition coefficient (Wildman–Crippen LogP) is 2.77. The quantitative estimate of drug-likeness (QED) is 0.417. The lowest BCUT2D eigenvalue weighted by molar-refractivity contribution is 0.102. The van der Waals surface area contributed by atoms with Crippen molar-refractivity contribution in [2.24, 2.45) is 0 Å². The lowest BCUT2D eigenvalue weighted by atomic mass is 10.2. The first-order chi connectivity index (χ1) is 16.7. The van der Waals surface area contributed by atoms with Gasteiger partial charge in [-0.2, -0.15) is 12.7 Å². The molecule has 3 aromatic rings. The number of nitrogens with zero attached hydrogens (tertiary/aromatic N) is 3. The Morgan fingerprint density at radius 1 is 1.00 bits per heavy atom. The second-order valence-electron chi connectivity index (χ2n) is 7.63. The van der Waals surface area contributed by atoms with Crippen molar-refractivity contribution in [2.75, 3.05) is 30.2 Å². The SMILES string of the molecule is COc1ccc(NS(=O)(=O)c2nnc(NC(=O)c3ccccc3)s2)cc1S(=O)(=O)N1CCCCC1. The third-order valence-corrected chi connectivity index (χ3v) is 9.75. The van der Waals surface area contributed by atoms with Gasteiger partial charge in [0.1, 0.15) is 10.6 Å². The lowest BCUT2D eigenvalue weighted by Gasteiger charge is -2.26. The van der Waals surface area contributed by atoms with E-state index >= 15 is 0 Å². The number of ether oxygens (including phenoxy) is 1. The number of carbonyl (C=O) groups is 1. The van der Waals surface area contributed by atoms with Crippen molar-refractivity contribution in [1.29, 1.82) is 0 Å². The molecule has 0 aliphatic carbocycles. The molecule has 2 aromatic carbocycles. The highest BCUT2D eigenvalue weighted by atomic mass is 32.2. The van der Waals surface area contributed by atoms with Gasteiger partial charge in [-0.25, -0.2) is 8.42 Å². The Bertz CT molecular complexity index is 1420. The minimum absolute atomic E-state index is 0.00215. The molecule has 1 saturated heterocycles. The molecule has 0 unspecified atom stereocenters. The van der Waals surface area contributed by atoms with Gasteiger partial charge in [0.05, 0.1) is 12.8 Å². The normalized spacial score (nSPS) is 14.9. The van der Waals surface area contributed by atoms with E-state index in [1.54, 1.807) is 30.3 Å². The molecule has 1 amide bonds. The van der Waals surface area contributed by atoms with Crippen molar-refractivity contribution in [1.82, 2.24) is 14.5 Å². The number of amides is 1. The van der Waals surface area contributed by atoms with E-state index in [9.17, 15) is 21.6 Å². The van der Waals surface area contributed by atoms with Crippen LogP contribution in [0.4, 0.5) is 10.8 Å². The molecule has 1 aromatic heterocycles. The van der Waals surface area contributed by atoms with Gasteiger partial charge in [0.15, 0.2) is 0 Å². The largest absolute Gasteiger partial charge is 0.495 e. The molecule has 11 nitrogen and oxygen atoms in total. The summed E-state index contributed by atoms with van der Waals surface area (Å²) in [4.78, 5) is 12.1. The molecule has 0 saturated carbocycles. The van der Waals surface area contributed by atoms with Crippen LogP contribution in [0.2, 0.25) is 0 Å². The first-order valence-electron chi connectivity index (χ1n) is 10.6. The Kier molecular flexibility index (Phi) is 7.35. The summed E-state index contributed by atoms with van der Waals surface area (Å²) in [7, 11) is -6.74. The summed E-state index contributed by atoms with van der Waals surface area (Å²) in [6.07, 6.45) is 2.47. The van der Waals surface area contributed by atoms with Crippen LogP contribution in [-0.4, -0.2) is 57.4 Å². The summed E-state index contributed by atoms with van der Waals surface area (Å²) < 4.78 is 60.7. The fourth-order valence-corrected chi connectivity index (χ4v) is 7.16. The molecule has 4 rings (SSSR count). The minimum atomic E-state index is -4.21. The Hall–Kier alpha value is -3.07. The molecule has 1 fully saturated rings. The van der Waals surface area contributed by atoms with Crippen LogP contribution in [0.5, 0.6) is 5.75 Å². The van der Waals surface area contributed by atoms with Gasteiger partial charge in [0, 0.05) is 18.7 Å². The first kappa shape index (κ1) is 25.0. The highest BCUT2D eigenvalue weighted by Crippen LogP contribution is 2.32. The number of carbonyl (C=O) groups excluding carboxylic acids is 1. The maximum absolute atomic E-state index is 13.2. The topological polar surface area (TPSA) is 148 Å². The van der Waals surface area contributed by atoms with Gasteiger partial charge in [0.2, 0.25) is 15.2 Å². The highest BCUT2D eigenvalue weighted by molar-refractivity contribution is 7.94. The fraction of sp³-hybridized carbons (Fsp3) is 0.286. The van der Waals surface area contributed by atoms with Crippen LogP contribution in [-0.2, 0) is 20.0 Å². The van der Waals surface area contributed by atoms with Crippen LogP contribution in [0.15, 0.2) is 57.8 Å². The van der Waals surface area contributed by atoms with E-state index in [1.165, 1.54) is 29.6 Å². The molecule has 1 aliphatic heterocycles. The van der Waals surface area contributed by atoms with E-state index in [1.807, 2.05) is 0 Å². The molecule has 2 N–H and O–H groups in total. The van der Waals surface area contributed by atoms with E-state index in [-0.39, 0.29) is 21.5 Å². The minimum Gasteiger partial charge on any atom is -0.495 e. The number of hydrogen-bond acceptors (Lipinski definition) is 9. The summed E-state index contributed by atoms with van der Waals surface area (Å²) in [5.41, 5.74) is 0.400. The molecule has 0 bridgehead atoms. The summed E-state index contributed by atoms with van der Waals surface area (Å²) in [5.74, 6) is -0.346. The Morgan fingerprint density at radius 2 is 1.71 bits per heavy atom. The van der Waals surface area contributed by atoms with E-state index in [2.05, 4.69) is 20.2 Å². The van der Waals surface area contributed by atoms with Gasteiger partial charge in [-0.15, -0.1) is 10.2 Å². The summed E-state index contributed by atoms with van der Waals surface area (Å²) in [5, 5.41) is 9.90. The van der Waals surface area contributed by atoms with Gasteiger partial charge in [-0.3, -0.25) is 14.8 Å². The zero-order valence-corrected chi connectivity index (χ0v) is 21.1. The van der Waals surface area contributed by atoms with Crippen molar-refractivity contribution < 1.29 is 26.4 Å². The Balaban J connectivity index is 1.55. The molecule has 0 radical (unpaired) electrons. The molecule has 1 aliphatic rings. The summed E-state index contributed by atoms with van der Waals surface area (Å²) >= 11 is 0.666. The molecule has 0 atom stereocenters. The Morgan fingerprint density at radius 3 is 2.40 bits per heavy atom. The number of sulfonamides is 2. The van der Waals surface area contributed by atoms with Crippen LogP contribution >= 0.6 is 11.3 Å². The molecule has 14 heteroatoms. The van der Waals surface area contributed by atoms with Crippen molar-refractivity contribution in [3.05, 3.63) is 54.1 Å². The monoisotopic (exact) mass is 537 g/mol. The van der Waals surface area contributed by atoms with Crippen molar-refractivity contribution in [3.8, 4) is 5.75 Å². The number of hydrogen-bond donors (Lipinski definition) is 2. The van der Waals surface area contributed by atoms with Gasteiger partial charge < -0.3 is 4.74 Å². The van der Waals surface area contributed by atoms with E-state index in [0.29, 0.717) is 30.0 Å². The third-order valence-electron chi connectivity index (χ3n) is 5.24. The smallest absolute Gasteiger partial charge is 0.291 e. The molecular weight excluding hydrogens is 514 g/mol. The molecule has 2 heterocycles. The second kappa shape index (κ2) is 10.3. The standard InChI is InChI=1S/C21H23N5O6S3/c1-32-17-11-10-16(14-18(17)35(30,31)26-12-6-3-7-13-26)25-34(28,29)21-24-23-20(33-21)22-19(27)15-8-4-2-5-9-15/h2,4-5,8-11,14,25H,3,6-7,12-13H2,1H3,(H,22,23,27). The van der Waals surface area contributed by atoms with Gasteiger partial charge in [-0.05, 0) is 43.2 Å². The third kappa shape index (κ3) is 5.61. The molecule has 186 valence electrons. The van der Waals surface area contributed by atoms with E-state index < -0.39 is 30.3 Å². The zero-order chi connectivity index (χ0) is 25.1. The predicted molar refractivity (Wildman–Crippen MR) is 131 cm³/mol. The average molecular weight is 538 g/mol. The number of piperidine rings is 1. The Labute approximate surface area is 207 Å². The van der Waals surface area contributed by atoms with Crippen LogP contribution < -0.4 is 14.8 Å². The summed E-state index contributed by atoms with van der Waals surface area (Å²) in [6.45, 7) is 0.785. The molecule has 0 spiro atoms. The molecule has 35 heavy (non-hydrogen) atoms. The highest BCUT2D eigenvalue weighted by Gasteiger charge is 2.30. The van der Waals surface area contributed by atoms with Crippen LogP contribution in [0, 0.1) is 0 Å². The zero-order valence-electron chi connectivity index (χ0n) is 18.7. The average Bonchev–Trinajstić information content (AvgIpc) is 3.34. The van der Waals surface area contributed by atoms with Crippen molar-refractivity contribution in [3.63, 3.8) is 0 Å². The number of methoxy groups -OCH3 is 1. The second-order valence-corrected chi connectivity index (χ2v) is 12.4. The number of rotatable bonds is 8. The molecular formula is C21H23N5O6S3. The number of nitrogens with one attached hydrogen (secondary N) is 2. The van der Waals surface area contributed by atoms with Crippen LogP contribution in [0.1, 0.15) is 29.6 Å². The first-order valence-corrected chi connectivity index (χ1v) is 14.4. The van der Waals surface area contributed by atoms with Crippen LogP contribution in [0.3, 0.4) is 0 Å². The number of anilines is 2. The van der Waals surface area contributed by atoms with Gasteiger partial charge in [-0.1, -0.05) is 36.0 Å². The fourth-order valence-electron chi connectivity index (χ4n) is 3.51. The van der Waals surface area contributed by atoms with Crippen molar-refractivity contribution in [2.45, 2.75) is 28.5 Å². The van der Waals surface area contributed by atoms with Gasteiger partial charge in [0.25, 0.3) is 20.3 Å². The summed E-state index contributed by atoms with van der Waals surface area (Å²) in [6, 6.07) is 12.4. The van der Waals surface area contributed by atoms with E-state index in [4.69, 9.17) is 4.74 Å². The van der Waals surface area contributed by atoms with Crippen LogP contribution in [0.25, 0.3) is 0 Å². The maximum atomic E-state index is 13.2.